The molecule has 1 aliphatic heterocycles. The fourth-order valence-corrected chi connectivity index (χ4v) is 6.37. The zero-order valence-corrected chi connectivity index (χ0v) is 23.7. The van der Waals surface area contributed by atoms with Crippen molar-refractivity contribution in [1.29, 1.82) is 0 Å². The van der Waals surface area contributed by atoms with Gasteiger partial charge in [0.1, 0.15) is 48.3 Å². The van der Waals surface area contributed by atoms with E-state index in [1.54, 1.807) is 0 Å². The van der Waals surface area contributed by atoms with Gasteiger partial charge in [0.05, 0.1) is 45.7 Å². The van der Waals surface area contributed by atoms with Crippen LogP contribution in [0.4, 0.5) is 10.1 Å². The molecule has 14 nitrogen and oxygen atoms in total. The summed E-state index contributed by atoms with van der Waals surface area (Å²) in [6, 6.07) is 8.19. The highest BCUT2D eigenvalue weighted by atomic mass is 32.2. The van der Waals surface area contributed by atoms with E-state index in [4.69, 9.17) is 4.74 Å². The molecule has 0 amide bonds. The van der Waals surface area contributed by atoms with Crippen LogP contribution < -0.4 is 4.72 Å². The van der Waals surface area contributed by atoms with Gasteiger partial charge in [0.2, 0.25) is 10.0 Å². The maximum atomic E-state index is 14.6. The Morgan fingerprint density at radius 1 is 1.17 bits per heavy atom. The molecule has 220 valence electrons. The van der Waals surface area contributed by atoms with E-state index in [1.807, 2.05) is 25.1 Å². The molecule has 5 aromatic rings. The van der Waals surface area contributed by atoms with Gasteiger partial charge in [0.15, 0.2) is 5.82 Å². The average molecular weight is 617 g/mol. The van der Waals surface area contributed by atoms with Crippen molar-refractivity contribution in [3.63, 3.8) is 0 Å². The molecule has 0 unspecified atom stereocenters. The van der Waals surface area contributed by atoms with Gasteiger partial charge in [-0.25, -0.2) is 32.1 Å². The summed E-state index contributed by atoms with van der Waals surface area (Å²) < 4.78 is 49.2. The number of hydrogen-bond donors (Lipinski definition) is 4. The molecule has 4 N–H and O–H groups in total. The van der Waals surface area contributed by atoms with Crippen molar-refractivity contribution in [2.24, 2.45) is 0 Å². The van der Waals surface area contributed by atoms with Gasteiger partial charge in [0.25, 0.3) is 0 Å². The van der Waals surface area contributed by atoms with Crippen LogP contribution in [-0.4, -0.2) is 89.7 Å². The monoisotopic (exact) mass is 616 g/mol. The lowest BCUT2D eigenvalue weighted by Crippen LogP contribution is -2.53. The second kappa shape index (κ2) is 10.8. The number of ether oxygens (including phenoxy) is 1. The zero-order valence-electron chi connectivity index (χ0n) is 22.1. The van der Waals surface area contributed by atoms with Crippen LogP contribution in [0.3, 0.4) is 0 Å². The molecule has 0 aliphatic carbocycles. The first-order chi connectivity index (χ1) is 20.0. The number of halogens is 1. The number of hydrogen-bond acceptors (Lipinski definition) is 12. The number of nitrogens with zero attached hydrogens (tertiary/aromatic N) is 7. The number of aliphatic hydroxyl groups excluding tert-OH is 3. The zero-order chi connectivity index (χ0) is 29.8. The van der Waals surface area contributed by atoms with E-state index in [-0.39, 0.29) is 22.8 Å². The maximum Gasteiger partial charge on any atom is 0.229 e. The van der Waals surface area contributed by atoms with E-state index >= 15 is 0 Å². The molecule has 1 fully saturated rings. The third-order valence-corrected chi connectivity index (χ3v) is 8.34. The van der Waals surface area contributed by atoms with Crippen LogP contribution >= 0.6 is 11.3 Å². The third-order valence-electron chi connectivity index (χ3n) is 6.82. The molecule has 0 bridgehead atoms. The summed E-state index contributed by atoms with van der Waals surface area (Å²) in [6.07, 6.45) is -1.46. The number of thiazole rings is 1. The Balaban J connectivity index is 1.32. The fraction of sp³-hybridized carbons (Fsp3) is 0.320. The quantitative estimate of drug-likeness (QED) is 0.206. The van der Waals surface area contributed by atoms with Crippen LogP contribution in [0.2, 0.25) is 0 Å². The number of rotatable bonds is 7. The second-order valence-corrected chi connectivity index (χ2v) is 12.8. The standard InChI is InChI=1S/C25H25FN8O6S2/c1-12-29-17-6-4-14(8-20(17)41-12)34-25(27-11-28-34)24-23(37)21(22(36)19(10-35)40-24)33-9-18(30-32-33)13-3-5-16(15(26)7-13)31-42(2,38)39/h3-9,11,19,21-24,31,35-37H,10H2,1-2H3/t19-,21+,22+,23-,24-/m1/s1. The van der Waals surface area contributed by atoms with E-state index < -0.39 is 52.9 Å². The molecule has 42 heavy (non-hydrogen) atoms. The number of aliphatic hydroxyl groups is 3. The van der Waals surface area contributed by atoms with Crippen molar-refractivity contribution in [2.45, 2.75) is 37.4 Å². The number of sulfonamides is 1. The van der Waals surface area contributed by atoms with Crippen LogP contribution in [0, 0.1) is 12.7 Å². The summed E-state index contributed by atoms with van der Waals surface area (Å²) in [5.41, 5.74) is 1.73. The molecule has 0 spiro atoms. The van der Waals surface area contributed by atoms with Crippen molar-refractivity contribution < 1.29 is 32.9 Å². The first-order valence-electron chi connectivity index (χ1n) is 12.6. The minimum atomic E-state index is -3.68. The topological polar surface area (TPSA) is 190 Å². The highest BCUT2D eigenvalue weighted by Gasteiger charge is 2.48. The number of aryl methyl sites for hydroxylation is 1. The highest BCUT2D eigenvalue weighted by molar-refractivity contribution is 7.92. The minimum absolute atomic E-state index is 0.194. The minimum Gasteiger partial charge on any atom is -0.394 e. The first-order valence-corrected chi connectivity index (χ1v) is 15.3. The van der Waals surface area contributed by atoms with Crippen LogP contribution in [0.1, 0.15) is 23.0 Å². The van der Waals surface area contributed by atoms with Gasteiger partial charge < -0.3 is 20.1 Å². The largest absolute Gasteiger partial charge is 0.394 e. The third kappa shape index (κ3) is 5.25. The van der Waals surface area contributed by atoms with E-state index in [1.165, 1.54) is 45.4 Å². The van der Waals surface area contributed by atoms with Crippen LogP contribution in [0.25, 0.3) is 27.2 Å². The molecule has 3 aromatic heterocycles. The molecular weight excluding hydrogens is 591 g/mol. The lowest BCUT2D eigenvalue weighted by molar-refractivity contribution is -0.210. The Labute approximate surface area is 242 Å². The Bertz CT molecular complexity index is 1880. The molecule has 17 heteroatoms. The number of nitrogens with one attached hydrogen (secondary N) is 1. The van der Waals surface area contributed by atoms with Gasteiger partial charge in [-0.3, -0.25) is 4.72 Å². The first kappa shape index (κ1) is 28.3. The van der Waals surface area contributed by atoms with E-state index in [9.17, 15) is 28.1 Å². The van der Waals surface area contributed by atoms with Crippen molar-refractivity contribution in [3.8, 4) is 16.9 Å². The summed E-state index contributed by atoms with van der Waals surface area (Å²) in [4.78, 5) is 8.79. The summed E-state index contributed by atoms with van der Waals surface area (Å²) in [5.74, 6) is -0.597. The van der Waals surface area contributed by atoms with Crippen LogP contribution in [0.15, 0.2) is 48.9 Å². The Morgan fingerprint density at radius 3 is 2.71 bits per heavy atom. The number of anilines is 1. The Kier molecular flexibility index (Phi) is 7.24. The number of fused-ring (bicyclic) bond motifs is 1. The molecule has 1 saturated heterocycles. The smallest absolute Gasteiger partial charge is 0.229 e. The van der Waals surface area contributed by atoms with Crippen LogP contribution in [0.5, 0.6) is 0 Å². The van der Waals surface area contributed by atoms with Gasteiger partial charge in [-0.2, -0.15) is 5.10 Å². The number of benzene rings is 2. The van der Waals surface area contributed by atoms with Crippen molar-refractivity contribution >= 4 is 37.3 Å². The SMILES string of the molecule is Cc1nc2ccc(-n3ncnc3[C@@H]3O[C@H](CO)[C@H](O)[C@H](n4cc(-c5ccc(NS(C)(=O)=O)c(F)c5)nn4)[C@H]3O)cc2s1. The fourth-order valence-electron chi connectivity index (χ4n) is 4.94. The molecule has 0 radical (unpaired) electrons. The molecule has 1 aliphatic rings. The lowest BCUT2D eigenvalue weighted by Gasteiger charge is -2.41. The molecule has 6 rings (SSSR count). The van der Waals surface area contributed by atoms with Gasteiger partial charge in [-0.1, -0.05) is 11.3 Å². The molecular formula is C25H25FN8O6S2. The van der Waals surface area contributed by atoms with Gasteiger partial charge in [-0.15, -0.1) is 16.4 Å². The van der Waals surface area contributed by atoms with Gasteiger partial charge in [-0.05, 0) is 37.3 Å². The molecule has 0 saturated carbocycles. The molecule has 5 atom stereocenters. The van der Waals surface area contributed by atoms with Crippen LogP contribution in [-0.2, 0) is 14.8 Å². The summed E-state index contributed by atoms with van der Waals surface area (Å²) in [5, 5.41) is 45.9. The van der Waals surface area contributed by atoms with E-state index in [0.29, 0.717) is 5.69 Å². The number of aromatic nitrogens is 7. The highest BCUT2D eigenvalue weighted by Crippen LogP contribution is 2.38. The van der Waals surface area contributed by atoms with E-state index in [2.05, 4.69) is 30.1 Å². The Hall–Kier alpha value is -3.87. The Morgan fingerprint density at radius 2 is 1.98 bits per heavy atom. The van der Waals surface area contributed by atoms with Crippen molar-refractivity contribution in [2.75, 3.05) is 17.6 Å². The van der Waals surface area contributed by atoms with Crippen molar-refractivity contribution in [3.05, 3.63) is 65.6 Å². The van der Waals surface area contributed by atoms with Crippen molar-refractivity contribution in [1.82, 2.24) is 34.7 Å². The van der Waals surface area contributed by atoms with Gasteiger partial charge in [0, 0.05) is 5.56 Å². The maximum absolute atomic E-state index is 14.6. The summed E-state index contributed by atoms with van der Waals surface area (Å²) in [6.45, 7) is 1.35. The summed E-state index contributed by atoms with van der Waals surface area (Å²) >= 11 is 1.52. The normalized spacial score (nSPS) is 23.0. The second-order valence-electron chi connectivity index (χ2n) is 9.82. The van der Waals surface area contributed by atoms with E-state index in [0.717, 1.165) is 27.5 Å². The average Bonchev–Trinajstić information content (AvgIpc) is 3.68. The lowest BCUT2D eigenvalue weighted by atomic mass is 9.92. The molecule has 2 aromatic carbocycles. The van der Waals surface area contributed by atoms with Gasteiger partial charge >= 0.3 is 0 Å². The molecule has 4 heterocycles. The predicted octanol–water partition coefficient (Wildman–Crippen LogP) is 1.35. The predicted molar refractivity (Wildman–Crippen MR) is 149 cm³/mol. The summed E-state index contributed by atoms with van der Waals surface area (Å²) in [7, 11) is -3.68.